The van der Waals surface area contributed by atoms with Crippen molar-refractivity contribution in [1.82, 2.24) is 15.5 Å². The first kappa shape index (κ1) is 30.7. The van der Waals surface area contributed by atoms with Crippen LogP contribution in [0.15, 0.2) is 60.7 Å². The third-order valence-electron chi connectivity index (χ3n) is 8.25. The van der Waals surface area contributed by atoms with Gasteiger partial charge >= 0.3 is 0 Å². The van der Waals surface area contributed by atoms with Crippen LogP contribution in [-0.2, 0) is 27.4 Å². The number of fused-ring (bicyclic) bond motifs is 1. The fourth-order valence-corrected chi connectivity index (χ4v) is 5.85. The first-order chi connectivity index (χ1) is 20.6. The van der Waals surface area contributed by atoms with Crippen molar-refractivity contribution in [3.63, 3.8) is 0 Å². The Morgan fingerprint density at radius 2 is 1.79 bits per heavy atom. The number of piperazine rings is 1. The van der Waals surface area contributed by atoms with Crippen LogP contribution in [0.25, 0.3) is 10.8 Å². The van der Waals surface area contributed by atoms with Gasteiger partial charge in [-0.3, -0.25) is 0 Å². The van der Waals surface area contributed by atoms with E-state index in [-0.39, 0.29) is 18.3 Å². The van der Waals surface area contributed by atoms with Crippen LogP contribution in [0.5, 0.6) is 11.5 Å². The number of benzene rings is 3. The van der Waals surface area contributed by atoms with Gasteiger partial charge in [0.15, 0.2) is 0 Å². The summed E-state index contributed by atoms with van der Waals surface area (Å²) in [5.41, 5.74) is 2.19. The van der Waals surface area contributed by atoms with Crippen molar-refractivity contribution >= 4 is 10.8 Å². The highest BCUT2D eigenvalue weighted by molar-refractivity contribution is 5.87. The fraction of sp³-hybridized carbons (Fsp3) is 0.529. The molecule has 3 aromatic carbocycles. The van der Waals surface area contributed by atoms with Crippen molar-refractivity contribution in [3.8, 4) is 11.5 Å². The zero-order valence-corrected chi connectivity index (χ0v) is 25.3. The van der Waals surface area contributed by atoms with Crippen LogP contribution >= 0.6 is 0 Å². The molecule has 8 heteroatoms. The number of para-hydroxylation sites is 1. The molecule has 2 aliphatic heterocycles. The van der Waals surface area contributed by atoms with Gasteiger partial charge in [0.2, 0.25) is 0 Å². The molecule has 2 unspecified atom stereocenters. The van der Waals surface area contributed by atoms with E-state index in [0.717, 1.165) is 73.6 Å². The largest absolute Gasteiger partial charge is 0.496 e. The van der Waals surface area contributed by atoms with Gasteiger partial charge in [-0.25, -0.2) is 0 Å². The summed E-state index contributed by atoms with van der Waals surface area (Å²) >= 11 is 0. The lowest BCUT2D eigenvalue weighted by Crippen LogP contribution is -2.55. The monoisotopic (exact) mass is 577 g/mol. The Kier molecular flexibility index (Phi) is 11.5. The molecule has 42 heavy (non-hydrogen) atoms. The summed E-state index contributed by atoms with van der Waals surface area (Å²) in [7, 11) is 3.85. The van der Waals surface area contributed by atoms with Crippen LogP contribution < -0.4 is 20.1 Å². The Morgan fingerprint density at radius 1 is 0.929 bits per heavy atom. The Balaban J connectivity index is 1.13. The number of ether oxygens (including phenoxy) is 5. The summed E-state index contributed by atoms with van der Waals surface area (Å²) < 4.78 is 30.6. The average Bonchev–Trinajstić information content (AvgIpc) is 3.02. The van der Waals surface area contributed by atoms with E-state index in [9.17, 15) is 0 Å². The molecule has 0 radical (unpaired) electrons. The third-order valence-corrected chi connectivity index (χ3v) is 8.25. The van der Waals surface area contributed by atoms with Crippen molar-refractivity contribution in [2.75, 3.05) is 60.1 Å². The van der Waals surface area contributed by atoms with E-state index in [1.807, 2.05) is 24.3 Å². The number of hydrogen-bond donors (Lipinski definition) is 2. The molecule has 0 bridgehead atoms. The predicted octanol–water partition coefficient (Wildman–Crippen LogP) is 4.39. The van der Waals surface area contributed by atoms with Crippen molar-refractivity contribution in [1.29, 1.82) is 0 Å². The number of methoxy groups -OCH3 is 1. The molecule has 2 fully saturated rings. The lowest BCUT2D eigenvalue weighted by molar-refractivity contribution is -0.0937. The van der Waals surface area contributed by atoms with Crippen LogP contribution in [0.4, 0.5) is 0 Å². The zero-order chi connectivity index (χ0) is 29.1. The van der Waals surface area contributed by atoms with Gasteiger partial charge in [-0.15, -0.1) is 0 Å². The maximum absolute atomic E-state index is 6.53. The highest BCUT2D eigenvalue weighted by Crippen LogP contribution is 2.28. The predicted molar refractivity (Wildman–Crippen MR) is 166 cm³/mol. The number of piperidine rings is 1. The van der Waals surface area contributed by atoms with E-state index in [2.05, 4.69) is 65.9 Å². The van der Waals surface area contributed by atoms with Crippen molar-refractivity contribution < 1.29 is 23.7 Å². The third kappa shape index (κ3) is 8.43. The molecule has 2 aliphatic rings. The van der Waals surface area contributed by atoms with E-state index in [1.54, 1.807) is 7.11 Å². The van der Waals surface area contributed by atoms with Gasteiger partial charge in [-0.1, -0.05) is 42.5 Å². The molecule has 5 rings (SSSR count). The van der Waals surface area contributed by atoms with E-state index >= 15 is 0 Å². The molecule has 0 amide bonds. The van der Waals surface area contributed by atoms with Crippen LogP contribution in [0.1, 0.15) is 30.9 Å². The molecular weight excluding hydrogens is 530 g/mol. The first-order valence-corrected chi connectivity index (χ1v) is 15.3. The Hall–Kier alpha value is -2.72. The zero-order valence-electron chi connectivity index (χ0n) is 25.3. The van der Waals surface area contributed by atoms with Crippen molar-refractivity contribution in [3.05, 3.63) is 71.8 Å². The van der Waals surface area contributed by atoms with E-state index < -0.39 is 0 Å². The molecule has 3 aromatic rings. The fourth-order valence-electron chi connectivity index (χ4n) is 5.85. The number of rotatable bonds is 14. The summed E-state index contributed by atoms with van der Waals surface area (Å²) in [6, 6.07) is 21.0. The summed E-state index contributed by atoms with van der Waals surface area (Å²) in [6.07, 6.45) is 1.86. The Bertz CT molecular complexity index is 1260. The summed E-state index contributed by atoms with van der Waals surface area (Å²) in [5.74, 6) is 1.74. The van der Waals surface area contributed by atoms with Crippen LogP contribution in [0.3, 0.4) is 0 Å². The second-order valence-corrected chi connectivity index (χ2v) is 11.4. The second kappa shape index (κ2) is 15.7. The normalized spacial score (nSPS) is 22.2. The number of likely N-dealkylation sites (N-methyl/N-ethyl adjacent to an activating group) is 1. The van der Waals surface area contributed by atoms with Gasteiger partial charge < -0.3 is 39.2 Å². The Labute approximate surface area is 250 Å². The Morgan fingerprint density at radius 3 is 2.67 bits per heavy atom. The molecule has 228 valence electrons. The quantitative estimate of drug-likeness (QED) is 0.274. The van der Waals surface area contributed by atoms with Gasteiger partial charge in [0.1, 0.15) is 17.6 Å². The first-order valence-electron chi connectivity index (χ1n) is 15.3. The van der Waals surface area contributed by atoms with Gasteiger partial charge in [0, 0.05) is 45.0 Å². The maximum Gasteiger partial charge on any atom is 0.124 e. The molecular formula is C34H47N3O5. The smallest absolute Gasteiger partial charge is 0.124 e. The van der Waals surface area contributed by atoms with E-state index in [1.165, 1.54) is 5.39 Å². The molecule has 8 nitrogen and oxygen atoms in total. The van der Waals surface area contributed by atoms with Crippen LogP contribution in [-0.4, -0.2) is 89.3 Å². The highest BCUT2D eigenvalue weighted by atomic mass is 16.5. The number of nitrogens with one attached hydrogen (secondary N) is 2. The SMILES string of the molecule is COc1ccccc1COCCCO[C@@H]1CCNC[C@H]1OCc1cc(OC(C)C2CN(C)CCN2)cc2ccccc12. The minimum atomic E-state index is -0.0162. The molecule has 0 saturated carbocycles. The minimum absolute atomic E-state index is 0.0162. The van der Waals surface area contributed by atoms with Crippen molar-refractivity contribution in [2.24, 2.45) is 0 Å². The lowest BCUT2D eigenvalue weighted by atomic mass is 10.0. The molecule has 0 spiro atoms. The standard InChI is InChI=1S/C34H47N3O5/c1-25(31-22-37(2)16-15-36-31)42-29-19-26-9-4-6-11-30(26)28(20-29)24-41-34-21-35-14-13-33(34)40-18-8-17-39-23-27-10-5-7-12-32(27)38-3/h4-7,9-12,19-20,25,31,33-36H,8,13-18,21-24H2,1-3H3/t25?,31?,33-,34-/m1/s1. The van der Waals surface area contributed by atoms with Crippen LogP contribution in [0, 0.1) is 0 Å². The summed E-state index contributed by atoms with van der Waals surface area (Å²) in [4.78, 5) is 2.35. The number of nitrogens with zero attached hydrogens (tertiary/aromatic N) is 1. The maximum atomic E-state index is 6.53. The van der Waals surface area contributed by atoms with Crippen molar-refractivity contribution in [2.45, 2.75) is 57.3 Å². The van der Waals surface area contributed by atoms with Gasteiger partial charge in [-0.2, -0.15) is 0 Å². The highest BCUT2D eigenvalue weighted by Gasteiger charge is 2.27. The molecule has 2 N–H and O–H groups in total. The molecule has 2 saturated heterocycles. The number of hydrogen-bond acceptors (Lipinski definition) is 8. The van der Waals surface area contributed by atoms with E-state index in [4.69, 9.17) is 23.7 Å². The average molecular weight is 578 g/mol. The van der Waals surface area contributed by atoms with Gasteiger partial charge in [0.25, 0.3) is 0 Å². The topological polar surface area (TPSA) is 73.5 Å². The lowest BCUT2D eigenvalue weighted by Gasteiger charge is -2.34. The molecule has 0 aliphatic carbocycles. The molecule has 4 atom stereocenters. The minimum Gasteiger partial charge on any atom is -0.496 e. The molecule has 2 heterocycles. The second-order valence-electron chi connectivity index (χ2n) is 11.4. The molecule has 0 aromatic heterocycles. The van der Waals surface area contributed by atoms with Gasteiger partial charge in [-0.05, 0) is 67.9 Å². The van der Waals surface area contributed by atoms with E-state index in [0.29, 0.717) is 32.5 Å². The summed E-state index contributed by atoms with van der Waals surface area (Å²) in [5, 5.41) is 9.45. The van der Waals surface area contributed by atoms with Crippen LogP contribution in [0.2, 0.25) is 0 Å². The van der Waals surface area contributed by atoms with Gasteiger partial charge in [0.05, 0.1) is 38.6 Å². The summed E-state index contributed by atoms with van der Waals surface area (Å²) in [6.45, 7) is 9.22.